The van der Waals surface area contributed by atoms with E-state index in [1.54, 1.807) is 13.2 Å². The van der Waals surface area contributed by atoms with E-state index < -0.39 is 7.12 Å². The summed E-state index contributed by atoms with van der Waals surface area (Å²) in [6, 6.07) is 4.31. The molecule has 1 heterocycles. The highest BCUT2D eigenvalue weighted by Crippen LogP contribution is 2.12. The zero-order valence-corrected chi connectivity index (χ0v) is 8.53. The first-order chi connectivity index (χ1) is 7.31. The second-order valence-electron chi connectivity index (χ2n) is 3.31. The van der Waals surface area contributed by atoms with E-state index >= 15 is 0 Å². The molecule has 1 aliphatic heterocycles. The lowest BCUT2D eigenvalue weighted by Crippen LogP contribution is -2.41. The molecule has 1 aliphatic rings. The first-order valence-corrected chi connectivity index (χ1v) is 4.88. The molecule has 1 saturated heterocycles. The van der Waals surface area contributed by atoms with E-state index in [1.165, 1.54) is 12.1 Å². The molecule has 0 spiro atoms. The van der Waals surface area contributed by atoms with Crippen molar-refractivity contribution in [3.05, 3.63) is 24.0 Å². The highest BCUT2D eigenvalue weighted by Gasteiger charge is 2.28. The zero-order valence-electron chi connectivity index (χ0n) is 8.53. The van der Waals surface area contributed by atoms with Crippen molar-refractivity contribution in [1.82, 2.24) is 0 Å². The summed E-state index contributed by atoms with van der Waals surface area (Å²) in [4.78, 5) is 0. The minimum atomic E-state index is -0.510. The maximum absolute atomic E-state index is 13.1. The van der Waals surface area contributed by atoms with Crippen molar-refractivity contribution in [2.75, 3.05) is 20.3 Å². The normalized spacial score (nSPS) is 16.5. The van der Waals surface area contributed by atoms with Crippen LogP contribution in [-0.2, 0) is 9.31 Å². The topological polar surface area (TPSA) is 27.7 Å². The molecular weight excluding hydrogens is 198 g/mol. The molecule has 0 bridgehead atoms. The van der Waals surface area contributed by atoms with Gasteiger partial charge in [-0.3, -0.25) is 0 Å². The van der Waals surface area contributed by atoms with Crippen LogP contribution in [0.4, 0.5) is 4.39 Å². The van der Waals surface area contributed by atoms with Crippen LogP contribution >= 0.6 is 0 Å². The van der Waals surface area contributed by atoms with Gasteiger partial charge in [0, 0.05) is 18.7 Å². The number of methoxy groups -OCH3 is 1. The van der Waals surface area contributed by atoms with Gasteiger partial charge in [-0.2, -0.15) is 0 Å². The number of ether oxygens (including phenoxy) is 1. The first kappa shape index (κ1) is 10.5. The van der Waals surface area contributed by atoms with Gasteiger partial charge in [0.05, 0.1) is 7.11 Å². The summed E-state index contributed by atoms with van der Waals surface area (Å²) in [7, 11) is 1.03. The number of hydrogen-bond acceptors (Lipinski definition) is 3. The number of rotatable bonds is 2. The predicted molar refractivity (Wildman–Crippen MR) is 54.9 cm³/mol. The quantitative estimate of drug-likeness (QED) is 0.680. The Labute approximate surface area is 88.3 Å². The van der Waals surface area contributed by atoms with Crippen LogP contribution in [0.25, 0.3) is 0 Å². The second kappa shape index (κ2) is 4.64. The Bertz CT molecular complexity index is 339. The van der Waals surface area contributed by atoms with Crippen molar-refractivity contribution in [2.45, 2.75) is 6.42 Å². The maximum Gasteiger partial charge on any atom is 0.497 e. The van der Waals surface area contributed by atoms with Crippen LogP contribution in [-0.4, -0.2) is 27.4 Å². The molecule has 3 nitrogen and oxygen atoms in total. The summed E-state index contributed by atoms with van der Waals surface area (Å²) < 4.78 is 29.0. The van der Waals surface area contributed by atoms with Gasteiger partial charge in [0.2, 0.25) is 0 Å². The van der Waals surface area contributed by atoms with Crippen molar-refractivity contribution in [3.8, 4) is 5.75 Å². The summed E-state index contributed by atoms with van der Waals surface area (Å²) in [6.45, 7) is 1.26. The average Bonchev–Trinajstić information content (AvgIpc) is 2.30. The van der Waals surface area contributed by atoms with Gasteiger partial charge in [-0.25, -0.2) is 4.39 Å². The predicted octanol–water partition coefficient (Wildman–Crippen LogP) is 0.966. The minimum absolute atomic E-state index is 0.316. The van der Waals surface area contributed by atoms with Crippen LogP contribution in [0.3, 0.4) is 0 Å². The smallest absolute Gasteiger partial charge is 0.497 e. The molecule has 2 rings (SSSR count). The van der Waals surface area contributed by atoms with Gasteiger partial charge < -0.3 is 14.0 Å². The van der Waals surface area contributed by atoms with Crippen molar-refractivity contribution >= 4 is 12.6 Å². The third kappa shape index (κ3) is 2.30. The van der Waals surface area contributed by atoms with Gasteiger partial charge in [-0.15, -0.1) is 0 Å². The van der Waals surface area contributed by atoms with Gasteiger partial charge in [0.1, 0.15) is 11.6 Å². The zero-order chi connectivity index (χ0) is 10.7. The summed E-state index contributed by atoms with van der Waals surface area (Å²) in [6.07, 6.45) is 0.869. The molecule has 15 heavy (non-hydrogen) atoms. The number of benzene rings is 1. The molecule has 5 heteroatoms. The number of halogens is 1. The summed E-state index contributed by atoms with van der Waals surface area (Å²) >= 11 is 0. The maximum atomic E-state index is 13.1. The molecule has 1 aromatic carbocycles. The van der Waals surface area contributed by atoms with E-state index in [-0.39, 0.29) is 5.82 Å². The lowest BCUT2D eigenvalue weighted by molar-refractivity contribution is 0.143. The molecule has 0 unspecified atom stereocenters. The Morgan fingerprint density at radius 2 is 2.07 bits per heavy atom. The van der Waals surface area contributed by atoms with Crippen molar-refractivity contribution < 1.29 is 18.4 Å². The van der Waals surface area contributed by atoms with E-state index in [0.717, 1.165) is 6.42 Å². The molecule has 1 aromatic rings. The Kier molecular flexibility index (Phi) is 3.23. The van der Waals surface area contributed by atoms with E-state index in [1.807, 2.05) is 0 Å². The third-order valence-electron chi connectivity index (χ3n) is 2.27. The molecule has 0 N–H and O–H groups in total. The molecule has 0 radical (unpaired) electrons. The molecule has 1 fully saturated rings. The molecule has 80 valence electrons. The van der Waals surface area contributed by atoms with Crippen molar-refractivity contribution in [1.29, 1.82) is 0 Å². The van der Waals surface area contributed by atoms with Gasteiger partial charge in [0.15, 0.2) is 0 Å². The fourth-order valence-corrected chi connectivity index (χ4v) is 1.56. The standard InChI is InChI=1S/C10H12BFO3/c1-13-10-4-3-8(12)7-9(10)11-14-5-2-6-15-11/h3-4,7H,2,5-6H2,1H3. The Balaban J connectivity index is 2.27. The van der Waals surface area contributed by atoms with E-state index in [9.17, 15) is 4.39 Å². The molecule has 0 saturated carbocycles. The minimum Gasteiger partial charge on any atom is -0.497 e. The van der Waals surface area contributed by atoms with Gasteiger partial charge in [-0.1, -0.05) is 0 Å². The fraction of sp³-hybridized carbons (Fsp3) is 0.400. The average molecular weight is 210 g/mol. The van der Waals surface area contributed by atoms with Crippen LogP contribution in [0.2, 0.25) is 0 Å². The van der Waals surface area contributed by atoms with Crippen LogP contribution in [0.5, 0.6) is 5.75 Å². The molecular formula is C10H12BFO3. The monoisotopic (exact) mass is 210 g/mol. The molecule has 0 aliphatic carbocycles. The van der Waals surface area contributed by atoms with Crippen LogP contribution in [0, 0.1) is 5.82 Å². The fourth-order valence-electron chi connectivity index (χ4n) is 1.56. The van der Waals surface area contributed by atoms with E-state index in [4.69, 9.17) is 14.0 Å². The van der Waals surface area contributed by atoms with Crippen LogP contribution in [0.1, 0.15) is 6.42 Å². The SMILES string of the molecule is COc1ccc(F)cc1B1OCCCO1. The Morgan fingerprint density at radius 3 is 2.73 bits per heavy atom. The van der Waals surface area contributed by atoms with Gasteiger partial charge in [0.25, 0.3) is 0 Å². The largest absolute Gasteiger partial charge is 0.497 e. The lowest BCUT2D eigenvalue weighted by Gasteiger charge is -2.21. The lowest BCUT2D eigenvalue weighted by atomic mass is 9.77. The highest BCUT2D eigenvalue weighted by atomic mass is 19.1. The van der Waals surface area contributed by atoms with Crippen LogP contribution < -0.4 is 10.2 Å². The first-order valence-electron chi connectivity index (χ1n) is 4.88. The van der Waals surface area contributed by atoms with Gasteiger partial charge in [-0.05, 0) is 24.6 Å². The Morgan fingerprint density at radius 1 is 1.33 bits per heavy atom. The molecule has 0 amide bonds. The van der Waals surface area contributed by atoms with Gasteiger partial charge >= 0.3 is 7.12 Å². The molecule has 0 atom stereocenters. The van der Waals surface area contributed by atoms with Crippen molar-refractivity contribution in [2.24, 2.45) is 0 Å². The van der Waals surface area contributed by atoms with E-state index in [2.05, 4.69) is 0 Å². The van der Waals surface area contributed by atoms with Crippen LogP contribution in [0.15, 0.2) is 18.2 Å². The highest BCUT2D eigenvalue weighted by molar-refractivity contribution is 6.62. The van der Waals surface area contributed by atoms with E-state index in [0.29, 0.717) is 24.4 Å². The molecule has 0 aromatic heterocycles. The summed E-state index contributed by atoms with van der Waals surface area (Å²) in [5, 5.41) is 0. The number of hydrogen-bond donors (Lipinski definition) is 0. The summed E-state index contributed by atoms with van der Waals surface area (Å²) in [5.74, 6) is 0.270. The Hall–Kier alpha value is -1.07. The van der Waals surface area contributed by atoms with Crippen molar-refractivity contribution in [3.63, 3.8) is 0 Å². The summed E-state index contributed by atoms with van der Waals surface area (Å²) in [5.41, 5.74) is 0.609. The second-order valence-corrected chi connectivity index (χ2v) is 3.31. The third-order valence-corrected chi connectivity index (χ3v) is 2.27.